The Bertz CT molecular complexity index is 531. The zero-order chi connectivity index (χ0) is 15.9. The third-order valence-corrected chi connectivity index (χ3v) is 3.57. The highest BCUT2D eigenvalue weighted by atomic mass is 16.5. The normalized spacial score (nSPS) is 19.5. The molecule has 6 heteroatoms. The quantitative estimate of drug-likeness (QED) is 0.674. The fraction of sp³-hybridized carbons (Fsp3) is 0.500. The predicted molar refractivity (Wildman–Crippen MR) is 79.5 cm³/mol. The molecule has 0 aromatic heterocycles. The van der Waals surface area contributed by atoms with Crippen molar-refractivity contribution in [1.29, 1.82) is 0 Å². The number of methoxy groups -OCH3 is 1. The van der Waals surface area contributed by atoms with Gasteiger partial charge in [0, 0.05) is 26.7 Å². The molecule has 0 saturated heterocycles. The Morgan fingerprint density at radius 1 is 1.32 bits per heavy atom. The highest BCUT2D eigenvalue weighted by molar-refractivity contribution is 5.89. The van der Waals surface area contributed by atoms with Gasteiger partial charge in [0.2, 0.25) is 5.91 Å². The van der Waals surface area contributed by atoms with Crippen LogP contribution < -0.4 is 10.1 Å². The van der Waals surface area contributed by atoms with Gasteiger partial charge in [0.25, 0.3) is 0 Å². The summed E-state index contributed by atoms with van der Waals surface area (Å²) in [5, 5.41) is 11.6. The number of rotatable bonds is 9. The van der Waals surface area contributed by atoms with Crippen molar-refractivity contribution in [2.75, 3.05) is 20.3 Å². The van der Waals surface area contributed by atoms with Crippen LogP contribution in [0.4, 0.5) is 0 Å². The van der Waals surface area contributed by atoms with Gasteiger partial charge in [-0.3, -0.25) is 9.59 Å². The summed E-state index contributed by atoms with van der Waals surface area (Å²) in [6.45, 7) is 1.60. The molecular formula is C16H21NO5. The summed E-state index contributed by atoms with van der Waals surface area (Å²) in [6.07, 6.45) is 1.25. The number of benzene rings is 1. The fourth-order valence-corrected chi connectivity index (χ4v) is 2.22. The lowest BCUT2D eigenvalue weighted by Gasteiger charge is -2.09. The van der Waals surface area contributed by atoms with Crippen LogP contribution in [0.2, 0.25) is 0 Å². The molecular weight excluding hydrogens is 286 g/mol. The molecule has 0 heterocycles. The van der Waals surface area contributed by atoms with Gasteiger partial charge in [-0.15, -0.1) is 0 Å². The highest BCUT2D eigenvalue weighted by Crippen LogP contribution is 2.38. The average molecular weight is 307 g/mol. The van der Waals surface area contributed by atoms with Crippen LogP contribution in [0, 0.1) is 11.8 Å². The van der Waals surface area contributed by atoms with Gasteiger partial charge in [-0.2, -0.15) is 0 Å². The lowest BCUT2D eigenvalue weighted by atomic mass is 10.2. The molecule has 0 bridgehead atoms. The second-order valence-electron chi connectivity index (χ2n) is 5.35. The van der Waals surface area contributed by atoms with E-state index in [1.165, 1.54) is 0 Å². The molecule has 2 N–H and O–H groups in total. The maximum atomic E-state index is 11.8. The predicted octanol–water partition coefficient (Wildman–Crippen LogP) is 1.44. The number of carbonyl (C=O) groups is 2. The van der Waals surface area contributed by atoms with Crippen molar-refractivity contribution in [2.24, 2.45) is 11.8 Å². The van der Waals surface area contributed by atoms with Crippen LogP contribution in [0.3, 0.4) is 0 Å². The summed E-state index contributed by atoms with van der Waals surface area (Å²) in [7, 11) is 1.65. The molecule has 1 aliphatic rings. The number of aliphatic carboxylic acids is 1. The Labute approximate surface area is 129 Å². The van der Waals surface area contributed by atoms with Gasteiger partial charge in [0.1, 0.15) is 5.75 Å². The Kier molecular flexibility index (Phi) is 5.77. The summed E-state index contributed by atoms with van der Waals surface area (Å²) < 4.78 is 10.5. The van der Waals surface area contributed by atoms with Crippen molar-refractivity contribution >= 4 is 11.9 Å². The third kappa shape index (κ3) is 4.73. The Balaban J connectivity index is 1.76. The van der Waals surface area contributed by atoms with Gasteiger partial charge in [-0.25, -0.2) is 0 Å². The Hall–Kier alpha value is -2.08. The largest absolute Gasteiger partial charge is 0.493 e. The molecule has 0 radical (unpaired) electrons. The third-order valence-electron chi connectivity index (χ3n) is 3.57. The van der Waals surface area contributed by atoms with Crippen molar-refractivity contribution in [1.82, 2.24) is 5.32 Å². The van der Waals surface area contributed by atoms with Crippen molar-refractivity contribution < 1.29 is 24.2 Å². The number of nitrogens with one attached hydrogen (secondary N) is 1. The van der Waals surface area contributed by atoms with Gasteiger partial charge in [0.05, 0.1) is 18.4 Å². The van der Waals surface area contributed by atoms with E-state index in [0.29, 0.717) is 26.2 Å². The van der Waals surface area contributed by atoms with Crippen LogP contribution in [0.25, 0.3) is 0 Å². The van der Waals surface area contributed by atoms with E-state index in [-0.39, 0.29) is 11.8 Å². The molecule has 2 rings (SSSR count). The number of hydrogen-bond acceptors (Lipinski definition) is 4. The topological polar surface area (TPSA) is 84.9 Å². The van der Waals surface area contributed by atoms with Crippen LogP contribution in [0.5, 0.6) is 5.75 Å². The molecule has 0 aliphatic heterocycles. The number of ether oxygens (including phenoxy) is 2. The maximum Gasteiger partial charge on any atom is 0.307 e. The monoisotopic (exact) mass is 307 g/mol. The van der Waals surface area contributed by atoms with E-state index in [1.54, 1.807) is 7.11 Å². The van der Waals surface area contributed by atoms with Crippen molar-refractivity contribution in [3.05, 3.63) is 29.8 Å². The van der Waals surface area contributed by atoms with Gasteiger partial charge in [-0.1, -0.05) is 12.1 Å². The second kappa shape index (κ2) is 7.79. The van der Waals surface area contributed by atoms with E-state index < -0.39 is 11.9 Å². The maximum absolute atomic E-state index is 11.8. The molecule has 2 unspecified atom stereocenters. The molecule has 120 valence electrons. The lowest BCUT2D eigenvalue weighted by molar-refractivity contribution is -0.140. The summed E-state index contributed by atoms with van der Waals surface area (Å²) in [4.78, 5) is 22.5. The molecule has 1 aliphatic carbocycles. The first-order valence-corrected chi connectivity index (χ1v) is 7.33. The SMILES string of the molecule is COCCCOc1cccc(CNC(=O)C2CC2C(=O)O)c1. The molecule has 2 atom stereocenters. The first-order valence-electron chi connectivity index (χ1n) is 7.33. The molecule has 22 heavy (non-hydrogen) atoms. The summed E-state index contributed by atoms with van der Waals surface area (Å²) >= 11 is 0. The van der Waals surface area contributed by atoms with Gasteiger partial charge < -0.3 is 19.9 Å². The van der Waals surface area contributed by atoms with Crippen LogP contribution in [-0.4, -0.2) is 37.3 Å². The lowest BCUT2D eigenvalue weighted by Crippen LogP contribution is -2.25. The average Bonchev–Trinajstić information content (AvgIpc) is 3.30. The van der Waals surface area contributed by atoms with Gasteiger partial charge in [0.15, 0.2) is 0 Å². The minimum Gasteiger partial charge on any atom is -0.493 e. The summed E-state index contributed by atoms with van der Waals surface area (Å²) in [5.41, 5.74) is 0.921. The van der Waals surface area contributed by atoms with Crippen LogP contribution in [0.1, 0.15) is 18.4 Å². The van der Waals surface area contributed by atoms with Gasteiger partial charge in [-0.05, 0) is 24.1 Å². The van der Waals surface area contributed by atoms with E-state index in [0.717, 1.165) is 17.7 Å². The van der Waals surface area contributed by atoms with Crippen LogP contribution in [0.15, 0.2) is 24.3 Å². The molecule has 1 amide bonds. The minimum atomic E-state index is -0.897. The smallest absolute Gasteiger partial charge is 0.307 e. The first kappa shape index (κ1) is 16.3. The zero-order valence-corrected chi connectivity index (χ0v) is 12.6. The van der Waals surface area contributed by atoms with Crippen molar-refractivity contribution in [2.45, 2.75) is 19.4 Å². The van der Waals surface area contributed by atoms with Crippen molar-refractivity contribution in [3.8, 4) is 5.75 Å². The Morgan fingerprint density at radius 3 is 2.82 bits per heavy atom. The van der Waals surface area contributed by atoms with E-state index in [9.17, 15) is 9.59 Å². The first-order chi connectivity index (χ1) is 10.6. The van der Waals surface area contributed by atoms with Crippen LogP contribution >= 0.6 is 0 Å². The molecule has 1 saturated carbocycles. The van der Waals surface area contributed by atoms with Crippen molar-refractivity contribution in [3.63, 3.8) is 0 Å². The van der Waals surface area contributed by atoms with E-state index in [2.05, 4.69) is 5.32 Å². The molecule has 6 nitrogen and oxygen atoms in total. The Morgan fingerprint density at radius 2 is 2.14 bits per heavy atom. The number of carboxylic acid groups (broad SMARTS) is 1. The molecule has 1 aromatic carbocycles. The molecule has 0 spiro atoms. The zero-order valence-electron chi connectivity index (χ0n) is 12.6. The van der Waals surface area contributed by atoms with E-state index in [4.69, 9.17) is 14.6 Å². The van der Waals surface area contributed by atoms with E-state index in [1.807, 2.05) is 24.3 Å². The molecule has 1 fully saturated rings. The number of amides is 1. The second-order valence-corrected chi connectivity index (χ2v) is 5.35. The number of carboxylic acids is 1. The van der Waals surface area contributed by atoms with Gasteiger partial charge >= 0.3 is 5.97 Å². The van der Waals surface area contributed by atoms with E-state index >= 15 is 0 Å². The van der Waals surface area contributed by atoms with Crippen LogP contribution in [-0.2, 0) is 20.9 Å². The standard InChI is InChI=1S/C16H21NO5/c1-21-6-3-7-22-12-5-2-4-11(8-12)10-17-15(18)13-9-14(13)16(19)20/h2,4-5,8,13-14H,3,6-7,9-10H2,1H3,(H,17,18)(H,19,20). The highest BCUT2D eigenvalue weighted by Gasteiger charge is 2.48. The number of hydrogen-bond donors (Lipinski definition) is 2. The molecule has 1 aromatic rings. The summed E-state index contributed by atoms with van der Waals surface area (Å²) in [6, 6.07) is 7.49. The fourth-order valence-electron chi connectivity index (χ4n) is 2.22. The summed E-state index contributed by atoms with van der Waals surface area (Å²) in [5.74, 6) is -1.25. The number of carbonyl (C=O) groups excluding carboxylic acids is 1. The minimum absolute atomic E-state index is 0.196.